The molecule has 1 fully saturated rings. The molecule has 2 heterocycles. The van der Waals surface area contributed by atoms with Gasteiger partial charge in [0.25, 0.3) is 0 Å². The van der Waals surface area contributed by atoms with Gasteiger partial charge in [-0.25, -0.2) is 0 Å². The van der Waals surface area contributed by atoms with Crippen molar-refractivity contribution in [2.24, 2.45) is 5.92 Å². The van der Waals surface area contributed by atoms with Gasteiger partial charge in [0.2, 0.25) is 5.91 Å². The first-order valence-electron chi connectivity index (χ1n) is 8.13. The Hall–Kier alpha value is -1.81. The van der Waals surface area contributed by atoms with Gasteiger partial charge in [0.15, 0.2) is 0 Å². The van der Waals surface area contributed by atoms with E-state index in [9.17, 15) is 4.79 Å². The second-order valence-corrected chi connectivity index (χ2v) is 6.13. The molecule has 0 spiro atoms. The van der Waals surface area contributed by atoms with Crippen LogP contribution in [0.2, 0.25) is 0 Å². The topological polar surface area (TPSA) is 43.3 Å². The van der Waals surface area contributed by atoms with Gasteiger partial charge >= 0.3 is 0 Å². The zero-order valence-corrected chi connectivity index (χ0v) is 13.2. The Morgan fingerprint density at radius 2 is 2.27 bits per heavy atom. The van der Waals surface area contributed by atoms with E-state index in [-0.39, 0.29) is 5.91 Å². The summed E-state index contributed by atoms with van der Waals surface area (Å²) < 4.78 is 7.66. The maximum absolute atomic E-state index is 12.1. The van der Waals surface area contributed by atoms with Crippen molar-refractivity contribution in [2.75, 3.05) is 19.8 Å². The molecule has 22 heavy (non-hydrogen) atoms. The third kappa shape index (κ3) is 3.50. The number of nitrogens with zero attached hydrogens (tertiary/aromatic N) is 1. The van der Waals surface area contributed by atoms with E-state index in [0.29, 0.717) is 12.3 Å². The van der Waals surface area contributed by atoms with Crippen molar-refractivity contribution >= 4 is 16.8 Å². The van der Waals surface area contributed by atoms with Crippen LogP contribution in [0.4, 0.5) is 0 Å². The van der Waals surface area contributed by atoms with E-state index in [4.69, 9.17) is 4.74 Å². The largest absolute Gasteiger partial charge is 0.381 e. The van der Waals surface area contributed by atoms with Crippen molar-refractivity contribution in [2.45, 2.75) is 32.7 Å². The van der Waals surface area contributed by atoms with E-state index < -0.39 is 0 Å². The summed E-state index contributed by atoms with van der Waals surface area (Å²) in [6.45, 7) is 5.21. The van der Waals surface area contributed by atoms with Gasteiger partial charge in [0.1, 0.15) is 0 Å². The first-order valence-corrected chi connectivity index (χ1v) is 8.13. The number of carbonyl (C=O) groups is 1. The first kappa shape index (κ1) is 15.1. The lowest BCUT2D eigenvalue weighted by Gasteiger charge is -2.22. The van der Waals surface area contributed by atoms with Crippen LogP contribution in [0, 0.1) is 12.8 Å². The Morgan fingerprint density at radius 1 is 1.41 bits per heavy atom. The number of fused-ring (bicyclic) bond motifs is 1. The number of hydrogen-bond acceptors (Lipinski definition) is 2. The highest BCUT2D eigenvalue weighted by Gasteiger charge is 2.15. The normalized spacial score (nSPS) is 18.5. The van der Waals surface area contributed by atoms with Crippen molar-refractivity contribution < 1.29 is 9.53 Å². The molecule has 1 aliphatic rings. The molecule has 1 aromatic heterocycles. The lowest BCUT2D eigenvalue weighted by Crippen LogP contribution is -2.33. The van der Waals surface area contributed by atoms with Crippen LogP contribution < -0.4 is 5.32 Å². The van der Waals surface area contributed by atoms with Gasteiger partial charge in [0, 0.05) is 37.3 Å². The summed E-state index contributed by atoms with van der Waals surface area (Å²) in [6.07, 6.45) is 2.78. The molecule has 4 nitrogen and oxygen atoms in total. The summed E-state index contributed by atoms with van der Waals surface area (Å²) in [5.41, 5.74) is 2.41. The van der Waals surface area contributed by atoms with Crippen LogP contribution in [0.3, 0.4) is 0 Å². The van der Waals surface area contributed by atoms with E-state index in [0.717, 1.165) is 39.1 Å². The number of aromatic nitrogens is 1. The Bertz CT molecular complexity index is 642. The molecule has 3 rings (SSSR count). The van der Waals surface area contributed by atoms with Crippen LogP contribution in [0.1, 0.15) is 25.0 Å². The molecule has 0 saturated carbocycles. The third-order valence-electron chi connectivity index (χ3n) is 4.42. The predicted octanol–water partition coefficient (Wildman–Crippen LogP) is 2.88. The minimum atomic E-state index is 0.128. The van der Waals surface area contributed by atoms with E-state index in [2.05, 4.69) is 35.0 Å². The molecule has 1 aromatic carbocycles. The fourth-order valence-corrected chi connectivity index (χ4v) is 3.17. The highest BCUT2D eigenvalue weighted by molar-refractivity contribution is 5.81. The monoisotopic (exact) mass is 300 g/mol. The second kappa shape index (κ2) is 6.97. The maximum atomic E-state index is 12.1. The number of hydrogen-bond donors (Lipinski definition) is 1. The Kier molecular flexibility index (Phi) is 4.78. The van der Waals surface area contributed by atoms with Crippen molar-refractivity contribution in [3.63, 3.8) is 0 Å². The molecule has 1 atom stereocenters. The van der Waals surface area contributed by atoms with Crippen LogP contribution in [0.25, 0.3) is 10.9 Å². The van der Waals surface area contributed by atoms with E-state index in [1.54, 1.807) is 0 Å². The zero-order chi connectivity index (χ0) is 15.4. The lowest BCUT2D eigenvalue weighted by molar-refractivity contribution is -0.121. The molecule has 4 heteroatoms. The third-order valence-corrected chi connectivity index (χ3v) is 4.42. The van der Waals surface area contributed by atoms with Gasteiger partial charge in [0.05, 0.1) is 6.61 Å². The summed E-state index contributed by atoms with van der Waals surface area (Å²) in [7, 11) is 0. The Labute approximate surface area is 131 Å². The molecule has 1 amide bonds. The minimum Gasteiger partial charge on any atom is -0.381 e. The first-order chi connectivity index (χ1) is 10.7. The van der Waals surface area contributed by atoms with Gasteiger partial charge < -0.3 is 14.6 Å². The average Bonchev–Trinajstić information content (AvgIpc) is 2.87. The summed E-state index contributed by atoms with van der Waals surface area (Å²) >= 11 is 0. The summed E-state index contributed by atoms with van der Waals surface area (Å²) in [5, 5.41) is 4.29. The standard InChI is InChI=1S/C18H24N2O2/c1-14-11-16-6-2-3-7-17(16)20(14)9-8-18(21)19-12-15-5-4-10-22-13-15/h2-3,6-7,11,15H,4-5,8-10,12-13H2,1H3,(H,19,21). The highest BCUT2D eigenvalue weighted by atomic mass is 16.5. The summed E-state index contributed by atoms with van der Waals surface area (Å²) in [4.78, 5) is 12.1. The molecule has 0 radical (unpaired) electrons. The average molecular weight is 300 g/mol. The molecular formula is C18H24N2O2. The van der Waals surface area contributed by atoms with Crippen LogP contribution in [0.15, 0.2) is 30.3 Å². The smallest absolute Gasteiger partial charge is 0.221 e. The van der Waals surface area contributed by atoms with Gasteiger partial charge in [-0.3, -0.25) is 4.79 Å². The molecule has 0 bridgehead atoms. The lowest BCUT2D eigenvalue weighted by atomic mass is 10.0. The van der Waals surface area contributed by atoms with Crippen molar-refractivity contribution in [1.82, 2.24) is 9.88 Å². The highest BCUT2D eigenvalue weighted by Crippen LogP contribution is 2.19. The number of ether oxygens (including phenoxy) is 1. The van der Waals surface area contributed by atoms with Gasteiger partial charge in [-0.15, -0.1) is 0 Å². The second-order valence-electron chi connectivity index (χ2n) is 6.13. The molecule has 1 saturated heterocycles. The fourth-order valence-electron chi connectivity index (χ4n) is 3.17. The number of nitrogens with one attached hydrogen (secondary N) is 1. The molecule has 1 aliphatic heterocycles. The van der Waals surface area contributed by atoms with E-state index in [1.165, 1.54) is 16.6 Å². The molecule has 2 aromatic rings. The molecule has 118 valence electrons. The summed E-state index contributed by atoms with van der Waals surface area (Å²) in [6, 6.07) is 10.5. The van der Waals surface area contributed by atoms with Crippen LogP contribution in [-0.2, 0) is 16.1 Å². The number of rotatable bonds is 5. The molecule has 0 aliphatic carbocycles. The van der Waals surface area contributed by atoms with E-state index in [1.807, 2.05) is 12.1 Å². The van der Waals surface area contributed by atoms with Crippen LogP contribution in [0.5, 0.6) is 0 Å². The number of amides is 1. The van der Waals surface area contributed by atoms with Crippen LogP contribution >= 0.6 is 0 Å². The SMILES string of the molecule is Cc1cc2ccccc2n1CCC(=O)NCC1CCCOC1. The minimum absolute atomic E-state index is 0.128. The molecule has 1 N–H and O–H groups in total. The number of benzene rings is 1. The van der Waals surface area contributed by atoms with Gasteiger partial charge in [-0.2, -0.15) is 0 Å². The van der Waals surface area contributed by atoms with E-state index >= 15 is 0 Å². The predicted molar refractivity (Wildman–Crippen MR) is 87.8 cm³/mol. The van der Waals surface area contributed by atoms with Crippen molar-refractivity contribution in [3.8, 4) is 0 Å². The number of para-hydroxylation sites is 1. The Morgan fingerprint density at radius 3 is 3.09 bits per heavy atom. The fraction of sp³-hybridized carbons (Fsp3) is 0.500. The van der Waals surface area contributed by atoms with Gasteiger partial charge in [-0.1, -0.05) is 18.2 Å². The maximum Gasteiger partial charge on any atom is 0.221 e. The zero-order valence-electron chi connectivity index (χ0n) is 13.2. The summed E-state index contributed by atoms with van der Waals surface area (Å²) in [5.74, 6) is 0.606. The molecular weight excluding hydrogens is 276 g/mol. The van der Waals surface area contributed by atoms with Crippen molar-refractivity contribution in [3.05, 3.63) is 36.0 Å². The van der Waals surface area contributed by atoms with Crippen LogP contribution in [-0.4, -0.2) is 30.2 Å². The Balaban J connectivity index is 1.52. The number of carbonyl (C=O) groups excluding carboxylic acids is 1. The van der Waals surface area contributed by atoms with Gasteiger partial charge in [-0.05, 0) is 43.2 Å². The quantitative estimate of drug-likeness (QED) is 0.922. The molecule has 1 unspecified atom stereocenters. The number of aryl methyl sites for hydroxylation is 2. The van der Waals surface area contributed by atoms with Crippen molar-refractivity contribution in [1.29, 1.82) is 0 Å².